The topological polar surface area (TPSA) is 66.8 Å². The molecule has 20 heavy (non-hydrogen) atoms. The maximum absolute atomic E-state index is 12.5. The van der Waals surface area contributed by atoms with Crippen molar-refractivity contribution < 1.29 is 19.4 Å². The molecule has 0 atom stereocenters. The number of hydrogen-bond donors (Lipinski definition) is 1. The molecule has 5 heteroatoms. The standard InChI is InChI=1S/C15H25NO4/c1-15(7-2-3-8-15)14(19)16-9-4-12(5-10-16)20-11-6-13(17)18/h12H,2-11H2,1H3,(H,17,18). The molecule has 1 heterocycles. The molecule has 1 N–H and O–H groups in total. The number of piperidine rings is 1. The van der Waals surface area contributed by atoms with Crippen molar-refractivity contribution in [3.63, 3.8) is 0 Å². The molecule has 2 aliphatic rings. The smallest absolute Gasteiger partial charge is 0.305 e. The average Bonchev–Trinajstić information content (AvgIpc) is 2.86. The van der Waals surface area contributed by atoms with Gasteiger partial charge in [-0.2, -0.15) is 0 Å². The number of hydrogen-bond acceptors (Lipinski definition) is 3. The Morgan fingerprint density at radius 2 is 1.85 bits per heavy atom. The first-order valence-electron chi connectivity index (χ1n) is 7.64. The van der Waals surface area contributed by atoms with E-state index in [4.69, 9.17) is 9.84 Å². The van der Waals surface area contributed by atoms with Crippen LogP contribution in [0.4, 0.5) is 0 Å². The van der Waals surface area contributed by atoms with E-state index in [9.17, 15) is 9.59 Å². The molecule has 0 unspecified atom stereocenters. The lowest BCUT2D eigenvalue weighted by Crippen LogP contribution is -2.46. The predicted octanol–water partition coefficient (Wildman–Crippen LogP) is 2.05. The summed E-state index contributed by atoms with van der Waals surface area (Å²) >= 11 is 0. The summed E-state index contributed by atoms with van der Waals surface area (Å²) in [5.74, 6) is -0.522. The predicted molar refractivity (Wildman–Crippen MR) is 74.4 cm³/mol. The summed E-state index contributed by atoms with van der Waals surface area (Å²) in [6, 6.07) is 0. The fraction of sp³-hybridized carbons (Fsp3) is 0.867. The van der Waals surface area contributed by atoms with Crippen LogP contribution in [0, 0.1) is 5.41 Å². The molecule has 0 bridgehead atoms. The molecule has 2 rings (SSSR count). The van der Waals surface area contributed by atoms with E-state index in [1.54, 1.807) is 0 Å². The van der Waals surface area contributed by atoms with Crippen molar-refractivity contribution in [2.75, 3.05) is 19.7 Å². The highest BCUT2D eigenvalue weighted by atomic mass is 16.5. The minimum atomic E-state index is -0.827. The molecule has 1 aliphatic heterocycles. The minimum Gasteiger partial charge on any atom is -0.481 e. The van der Waals surface area contributed by atoms with Gasteiger partial charge in [-0.1, -0.05) is 19.8 Å². The zero-order valence-corrected chi connectivity index (χ0v) is 12.3. The summed E-state index contributed by atoms with van der Waals surface area (Å²) in [6.45, 7) is 3.85. The van der Waals surface area contributed by atoms with E-state index in [0.717, 1.165) is 51.6 Å². The number of ether oxygens (including phenoxy) is 1. The van der Waals surface area contributed by atoms with E-state index in [2.05, 4.69) is 6.92 Å². The van der Waals surface area contributed by atoms with Crippen LogP contribution >= 0.6 is 0 Å². The third kappa shape index (κ3) is 3.72. The Bertz CT molecular complexity index is 355. The zero-order valence-electron chi connectivity index (χ0n) is 12.3. The number of aliphatic carboxylic acids is 1. The van der Waals surface area contributed by atoms with Crippen molar-refractivity contribution in [2.45, 2.75) is 58.0 Å². The third-order valence-electron chi connectivity index (χ3n) is 4.62. The van der Waals surface area contributed by atoms with E-state index >= 15 is 0 Å². The van der Waals surface area contributed by atoms with Crippen LogP contribution in [0.5, 0.6) is 0 Å². The van der Waals surface area contributed by atoms with Gasteiger partial charge in [0.1, 0.15) is 0 Å². The van der Waals surface area contributed by atoms with E-state index < -0.39 is 5.97 Å². The van der Waals surface area contributed by atoms with Gasteiger partial charge in [-0.05, 0) is 25.7 Å². The quantitative estimate of drug-likeness (QED) is 0.838. The highest BCUT2D eigenvalue weighted by molar-refractivity contribution is 5.82. The van der Waals surface area contributed by atoms with Crippen molar-refractivity contribution in [2.24, 2.45) is 5.41 Å². The Balaban J connectivity index is 1.73. The lowest BCUT2D eigenvalue weighted by atomic mass is 9.86. The summed E-state index contributed by atoms with van der Waals surface area (Å²) < 4.78 is 5.55. The van der Waals surface area contributed by atoms with Crippen molar-refractivity contribution >= 4 is 11.9 Å². The molecule has 1 aliphatic carbocycles. The monoisotopic (exact) mass is 283 g/mol. The summed E-state index contributed by atoms with van der Waals surface area (Å²) in [7, 11) is 0. The van der Waals surface area contributed by atoms with Gasteiger partial charge in [0.25, 0.3) is 0 Å². The maximum atomic E-state index is 12.5. The van der Waals surface area contributed by atoms with Crippen LogP contribution < -0.4 is 0 Å². The normalized spacial score (nSPS) is 22.9. The molecule has 1 amide bonds. The highest BCUT2D eigenvalue weighted by Gasteiger charge is 2.39. The number of carboxylic acids is 1. The van der Waals surface area contributed by atoms with E-state index in [1.165, 1.54) is 0 Å². The lowest BCUT2D eigenvalue weighted by Gasteiger charge is -2.36. The molecule has 0 aromatic carbocycles. The Kier molecular flexibility index (Phi) is 5.02. The van der Waals surface area contributed by atoms with Gasteiger partial charge in [-0.25, -0.2) is 0 Å². The molecular weight excluding hydrogens is 258 g/mol. The van der Waals surface area contributed by atoms with Crippen LogP contribution in [-0.2, 0) is 14.3 Å². The first kappa shape index (κ1) is 15.3. The van der Waals surface area contributed by atoms with Crippen LogP contribution in [0.1, 0.15) is 51.9 Å². The first-order valence-corrected chi connectivity index (χ1v) is 7.64. The Labute approximate surface area is 120 Å². The number of amides is 1. The van der Waals surface area contributed by atoms with Gasteiger partial charge in [0, 0.05) is 18.5 Å². The third-order valence-corrected chi connectivity index (χ3v) is 4.62. The van der Waals surface area contributed by atoms with Crippen LogP contribution in [0.25, 0.3) is 0 Å². The summed E-state index contributed by atoms with van der Waals surface area (Å²) in [4.78, 5) is 24.9. The van der Waals surface area contributed by atoms with Gasteiger partial charge in [0.15, 0.2) is 0 Å². The molecule has 2 fully saturated rings. The maximum Gasteiger partial charge on any atom is 0.305 e. The molecule has 1 saturated heterocycles. The molecule has 0 spiro atoms. The molecule has 5 nitrogen and oxygen atoms in total. The van der Waals surface area contributed by atoms with Crippen LogP contribution in [0.3, 0.4) is 0 Å². The van der Waals surface area contributed by atoms with Gasteiger partial charge >= 0.3 is 5.97 Å². The Morgan fingerprint density at radius 1 is 1.25 bits per heavy atom. The fourth-order valence-corrected chi connectivity index (χ4v) is 3.29. The number of likely N-dealkylation sites (tertiary alicyclic amines) is 1. The zero-order chi connectivity index (χ0) is 14.6. The summed E-state index contributed by atoms with van der Waals surface area (Å²) in [5.41, 5.74) is -0.142. The van der Waals surface area contributed by atoms with Crippen molar-refractivity contribution in [1.82, 2.24) is 4.90 Å². The van der Waals surface area contributed by atoms with Gasteiger partial charge < -0.3 is 14.7 Å². The van der Waals surface area contributed by atoms with Crippen molar-refractivity contribution in [3.8, 4) is 0 Å². The van der Waals surface area contributed by atoms with Crippen LogP contribution in [0.15, 0.2) is 0 Å². The summed E-state index contributed by atoms with van der Waals surface area (Å²) in [5, 5.41) is 8.57. The average molecular weight is 283 g/mol. The molecule has 0 radical (unpaired) electrons. The molecule has 0 aromatic heterocycles. The number of carbonyl (C=O) groups is 2. The summed E-state index contributed by atoms with van der Waals surface area (Å²) in [6.07, 6.45) is 6.16. The van der Waals surface area contributed by atoms with Crippen LogP contribution in [-0.4, -0.2) is 47.7 Å². The van der Waals surface area contributed by atoms with E-state index in [1.807, 2.05) is 4.90 Å². The number of nitrogens with zero attached hydrogens (tertiary/aromatic N) is 1. The fourth-order valence-electron chi connectivity index (χ4n) is 3.29. The largest absolute Gasteiger partial charge is 0.481 e. The second-order valence-electron chi connectivity index (χ2n) is 6.27. The Hall–Kier alpha value is -1.10. The molecule has 114 valence electrons. The molecule has 0 aromatic rings. The van der Waals surface area contributed by atoms with Gasteiger partial charge in [0.05, 0.1) is 19.1 Å². The van der Waals surface area contributed by atoms with Crippen LogP contribution in [0.2, 0.25) is 0 Å². The second-order valence-corrected chi connectivity index (χ2v) is 6.27. The minimum absolute atomic E-state index is 0.0528. The Morgan fingerprint density at radius 3 is 2.40 bits per heavy atom. The van der Waals surface area contributed by atoms with Gasteiger partial charge in [-0.3, -0.25) is 9.59 Å². The van der Waals surface area contributed by atoms with Crippen molar-refractivity contribution in [3.05, 3.63) is 0 Å². The van der Waals surface area contributed by atoms with Gasteiger partial charge in [-0.15, -0.1) is 0 Å². The van der Waals surface area contributed by atoms with E-state index in [0.29, 0.717) is 5.91 Å². The molecule has 1 saturated carbocycles. The van der Waals surface area contributed by atoms with E-state index in [-0.39, 0.29) is 24.5 Å². The van der Waals surface area contributed by atoms with Crippen molar-refractivity contribution in [1.29, 1.82) is 0 Å². The number of rotatable bonds is 5. The van der Waals surface area contributed by atoms with Gasteiger partial charge in [0.2, 0.25) is 5.91 Å². The second kappa shape index (κ2) is 6.57. The highest BCUT2D eigenvalue weighted by Crippen LogP contribution is 2.39. The number of carbonyl (C=O) groups excluding carboxylic acids is 1. The first-order chi connectivity index (χ1) is 9.51. The lowest BCUT2D eigenvalue weighted by molar-refractivity contribution is -0.143. The number of carboxylic acid groups (broad SMARTS) is 1. The molecular formula is C15H25NO4. The SMILES string of the molecule is CC1(C(=O)N2CCC(OCCC(=O)O)CC2)CCCC1.